The highest BCUT2D eigenvalue weighted by atomic mass is 32.1. The summed E-state index contributed by atoms with van der Waals surface area (Å²) in [5.74, 6) is 0.902. The van der Waals surface area contributed by atoms with E-state index in [0.717, 1.165) is 32.1 Å². The van der Waals surface area contributed by atoms with Crippen LogP contribution in [0, 0.1) is 11.8 Å². The maximum absolute atomic E-state index is 13.4. The zero-order chi connectivity index (χ0) is 21.7. The van der Waals surface area contributed by atoms with Gasteiger partial charge in [0.05, 0.1) is 13.2 Å². The van der Waals surface area contributed by atoms with E-state index in [-0.39, 0.29) is 16.9 Å². The molecule has 3 rings (SSSR count). The highest BCUT2D eigenvalue weighted by Crippen LogP contribution is 2.32. The molecule has 0 radical (unpaired) electrons. The fourth-order valence-electron chi connectivity index (χ4n) is 3.95. The van der Waals surface area contributed by atoms with Gasteiger partial charge in [-0.05, 0) is 30.5 Å². The average molecular weight is 447 g/mol. The molecule has 1 aromatic rings. The van der Waals surface area contributed by atoms with Crippen LogP contribution in [0.2, 0.25) is 0 Å². The van der Waals surface area contributed by atoms with Gasteiger partial charge >= 0.3 is 6.18 Å². The van der Waals surface area contributed by atoms with Crippen LogP contribution in [0.4, 0.5) is 24.9 Å². The minimum Gasteiger partial charge on any atom is -0.379 e. The number of nitrogens with one attached hydrogen (secondary N) is 2. The third kappa shape index (κ3) is 6.64. The standard InChI is InChI=1S/C19H29F3N6OS/c1-13-9-14(2)12-28(11-13)16-10-15(19(20,21)22)24-17(25-16)26-18(30)23-3-4-27-5-7-29-8-6-27/h10,13-14H,3-9,11-12H2,1-2H3,(H2,23,24,25,26,30)/t13-,14-/m1/s1. The number of morpholine rings is 1. The molecule has 2 fully saturated rings. The number of aromatic nitrogens is 2. The predicted octanol–water partition coefficient (Wildman–Crippen LogP) is 2.60. The SMILES string of the molecule is C[C@@H]1C[C@@H](C)CN(c2cc(C(F)(F)F)nc(NC(=S)NCCN3CCOCC3)n2)C1. The summed E-state index contributed by atoms with van der Waals surface area (Å²) in [4.78, 5) is 12.1. The van der Waals surface area contributed by atoms with Crippen molar-refractivity contribution in [1.82, 2.24) is 20.2 Å². The van der Waals surface area contributed by atoms with Crippen LogP contribution >= 0.6 is 12.2 Å². The van der Waals surface area contributed by atoms with Gasteiger partial charge in [-0.15, -0.1) is 0 Å². The Morgan fingerprint density at radius 2 is 1.87 bits per heavy atom. The monoisotopic (exact) mass is 446 g/mol. The molecule has 0 bridgehead atoms. The third-order valence-corrected chi connectivity index (χ3v) is 5.48. The molecule has 30 heavy (non-hydrogen) atoms. The maximum Gasteiger partial charge on any atom is 0.433 e. The Labute approximate surface area is 180 Å². The van der Waals surface area contributed by atoms with Crippen molar-refractivity contribution in [3.63, 3.8) is 0 Å². The van der Waals surface area contributed by atoms with Crippen molar-refractivity contribution in [3.8, 4) is 0 Å². The van der Waals surface area contributed by atoms with Crippen LogP contribution in [0.25, 0.3) is 0 Å². The molecule has 7 nitrogen and oxygen atoms in total. The van der Waals surface area contributed by atoms with Crippen LogP contribution in [0.1, 0.15) is 26.0 Å². The quantitative estimate of drug-likeness (QED) is 0.670. The number of piperidine rings is 1. The van der Waals surface area contributed by atoms with E-state index >= 15 is 0 Å². The number of alkyl halides is 3. The Bertz CT molecular complexity index is 719. The summed E-state index contributed by atoms with van der Waals surface area (Å²) in [5, 5.41) is 5.94. The molecule has 0 unspecified atom stereocenters. The number of rotatable bonds is 5. The molecular weight excluding hydrogens is 417 g/mol. The summed E-state index contributed by atoms with van der Waals surface area (Å²) in [7, 11) is 0. The second kappa shape index (κ2) is 10.1. The number of ether oxygens (including phenoxy) is 1. The van der Waals surface area contributed by atoms with Gasteiger partial charge < -0.3 is 20.3 Å². The van der Waals surface area contributed by atoms with E-state index in [0.29, 0.717) is 44.7 Å². The van der Waals surface area contributed by atoms with Crippen molar-refractivity contribution in [3.05, 3.63) is 11.8 Å². The lowest BCUT2D eigenvalue weighted by molar-refractivity contribution is -0.141. The highest BCUT2D eigenvalue weighted by Gasteiger charge is 2.35. The topological polar surface area (TPSA) is 65.6 Å². The average Bonchev–Trinajstić information content (AvgIpc) is 2.67. The van der Waals surface area contributed by atoms with Crippen LogP contribution in [0.5, 0.6) is 0 Å². The van der Waals surface area contributed by atoms with E-state index in [2.05, 4.69) is 39.3 Å². The Morgan fingerprint density at radius 3 is 2.50 bits per heavy atom. The molecule has 2 saturated heterocycles. The summed E-state index contributed by atoms with van der Waals surface area (Å²) < 4.78 is 45.5. The normalized spacial score (nSPS) is 23.3. The minimum atomic E-state index is -4.56. The predicted molar refractivity (Wildman–Crippen MR) is 114 cm³/mol. The molecule has 3 heterocycles. The van der Waals surface area contributed by atoms with Gasteiger partial charge in [-0.2, -0.15) is 18.2 Å². The van der Waals surface area contributed by atoms with Crippen LogP contribution in [-0.2, 0) is 10.9 Å². The Balaban J connectivity index is 1.66. The minimum absolute atomic E-state index is 0.144. The van der Waals surface area contributed by atoms with Crippen LogP contribution < -0.4 is 15.5 Å². The molecule has 11 heteroatoms. The molecule has 0 spiro atoms. The number of hydrogen-bond acceptors (Lipinski definition) is 6. The fraction of sp³-hybridized carbons (Fsp3) is 0.737. The smallest absolute Gasteiger partial charge is 0.379 e. The Morgan fingerprint density at radius 1 is 1.20 bits per heavy atom. The summed E-state index contributed by atoms with van der Waals surface area (Å²) in [6.07, 6.45) is -3.51. The molecule has 0 amide bonds. The summed E-state index contributed by atoms with van der Waals surface area (Å²) in [6.45, 7) is 9.99. The first-order valence-corrected chi connectivity index (χ1v) is 10.7. The summed E-state index contributed by atoms with van der Waals surface area (Å²) >= 11 is 5.24. The molecular formula is C19H29F3N6OS. The molecule has 2 aliphatic rings. The van der Waals surface area contributed by atoms with Gasteiger partial charge in [-0.3, -0.25) is 4.90 Å². The van der Waals surface area contributed by atoms with Gasteiger partial charge in [0.15, 0.2) is 10.8 Å². The second-order valence-electron chi connectivity index (χ2n) is 8.12. The van der Waals surface area contributed by atoms with Gasteiger partial charge in [0, 0.05) is 45.3 Å². The first kappa shape index (κ1) is 23.0. The van der Waals surface area contributed by atoms with Crippen molar-refractivity contribution in [2.75, 3.05) is 62.7 Å². The first-order chi connectivity index (χ1) is 14.2. The van der Waals surface area contributed by atoms with Gasteiger partial charge in [0.2, 0.25) is 5.95 Å². The number of anilines is 2. The van der Waals surface area contributed by atoms with Gasteiger partial charge in [-0.1, -0.05) is 13.8 Å². The van der Waals surface area contributed by atoms with Gasteiger partial charge in [-0.25, -0.2) is 4.98 Å². The lowest BCUT2D eigenvalue weighted by Gasteiger charge is -2.36. The zero-order valence-electron chi connectivity index (χ0n) is 17.3. The molecule has 0 aromatic carbocycles. The van der Waals surface area contributed by atoms with E-state index in [1.807, 2.05) is 4.90 Å². The number of hydrogen-bond donors (Lipinski definition) is 2. The molecule has 2 atom stereocenters. The lowest BCUT2D eigenvalue weighted by Crippen LogP contribution is -2.42. The number of thiocarbonyl (C=S) groups is 1. The molecule has 2 aliphatic heterocycles. The molecule has 0 saturated carbocycles. The molecule has 168 valence electrons. The molecule has 2 N–H and O–H groups in total. The van der Waals surface area contributed by atoms with Gasteiger partial charge in [0.25, 0.3) is 0 Å². The van der Waals surface area contributed by atoms with Crippen molar-refractivity contribution in [1.29, 1.82) is 0 Å². The molecule has 0 aliphatic carbocycles. The van der Waals surface area contributed by atoms with Crippen LogP contribution in [-0.4, -0.2) is 72.5 Å². The van der Waals surface area contributed by atoms with E-state index in [4.69, 9.17) is 17.0 Å². The summed E-state index contributed by atoms with van der Waals surface area (Å²) in [6, 6.07) is 1.02. The van der Waals surface area contributed by atoms with E-state index < -0.39 is 11.9 Å². The van der Waals surface area contributed by atoms with E-state index in [9.17, 15) is 13.2 Å². The van der Waals surface area contributed by atoms with Gasteiger partial charge in [0.1, 0.15) is 5.82 Å². The maximum atomic E-state index is 13.4. The van der Waals surface area contributed by atoms with E-state index in [1.54, 1.807) is 0 Å². The molecule has 1 aromatic heterocycles. The number of nitrogens with zero attached hydrogens (tertiary/aromatic N) is 4. The van der Waals surface area contributed by atoms with Crippen molar-refractivity contribution >= 4 is 29.1 Å². The summed E-state index contributed by atoms with van der Waals surface area (Å²) in [5.41, 5.74) is -0.975. The Kier molecular flexibility index (Phi) is 7.70. The van der Waals surface area contributed by atoms with Crippen molar-refractivity contribution in [2.24, 2.45) is 11.8 Å². The van der Waals surface area contributed by atoms with E-state index in [1.165, 1.54) is 0 Å². The largest absolute Gasteiger partial charge is 0.433 e. The number of halogens is 3. The first-order valence-electron chi connectivity index (χ1n) is 10.3. The highest BCUT2D eigenvalue weighted by molar-refractivity contribution is 7.80. The van der Waals surface area contributed by atoms with Crippen molar-refractivity contribution in [2.45, 2.75) is 26.4 Å². The third-order valence-electron chi connectivity index (χ3n) is 5.24. The van der Waals surface area contributed by atoms with Crippen molar-refractivity contribution < 1.29 is 17.9 Å². The second-order valence-corrected chi connectivity index (χ2v) is 8.53. The van der Waals surface area contributed by atoms with Crippen LogP contribution in [0.3, 0.4) is 0 Å². The lowest BCUT2D eigenvalue weighted by atomic mass is 9.92. The van der Waals surface area contributed by atoms with Crippen LogP contribution in [0.15, 0.2) is 6.07 Å². The zero-order valence-corrected chi connectivity index (χ0v) is 18.2. The Hall–Kier alpha value is -1.72. The fourth-order valence-corrected chi connectivity index (χ4v) is 4.14.